The molecule has 3 N–H and O–H groups in total. The van der Waals surface area contributed by atoms with Gasteiger partial charge in [-0.3, -0.25) is 4.79 Å². The van der Waals surface area contributed by atoms with Crippen LogP contribution in [0.25, 0.3) is 0 Å². The first-order chi connectivity index (χ1) is 8.16. The number of furan rings is 1. The van der Waals surface area contributed by atoms with Crippen LogP contribution in [-0.2, 0) is 6.54 Å². The number of nitrogens with two attached hydrogens (primary N) is 1. The zero-order valence-corrected chi connectivity index (χ0v) is 9.57. The molecular weight excluding hydrogens is 216 g/mol. The first-order valence-corrected chi connectivity index (χ1v) is 5.32. The molecular formula is C13H14N2O2. The van der Waals surface area contributed by atoms with Crippen LogP contribution in [0, 0.1) is 0 Å². The third kappa shape index (κ3) is 2.66. The first-order valence-electron chi connectivity index (χ1n) is 5.32. The van der Waals surface area contributed by atoms with Gasteiger partial charge < -0.3 is 15.5 Å². The largest absolute Gasteiger partial charge is 0.472 e. The van der Waals surface area contributed by atoms with Crippen LogP contribution in [-0.4, -0.2) is 5.78 Å². The van der Waals surface area contributed by atoms with E-state index in [1.165, 1.54) is 6.92 Å². The summed E-state index contributed by atoms with van der Waals surface area (Å²) < 4.78 is 4.97. The molecule has 0 spiro atoms. The molecule has 0 atom stereocenters. The molecule has 88 valence electrons. The van der Waals surface area contributed by atoms with Crippen LogP contribution >= 0.6 is 0 Å². The lowest BCUT2D eigenvalue weighted by atomic mass is 10.1. The molecule has 1 aromatic heterocycles. The predicted molar refractivity (Wildman–Crippen MR) is 66.9 cm³/mol. The van der Waals surface area contributed by atoms with Crippen molar-refractivity contribution in [3.8, 4) is 0 Å². The lowest BCUT2D eigenvalue weighted by Crippen LogP contribution is -2.03. The molecule has 0 fully saturated rings. The lowest BCUT2D eigenvalue weighted by Gasteiger charge is -2.08. The molecule has 1 heterocycles. The number of hydrogen-bond donors (Lipinski definition) is 2. The molecule has 17 heavy (non-hydrogen) atoms. The van der Waals surface area contributed by atoms with Crippen LogP contribution in [0.3, 0.4) is 0 Å². The molecule has 0 amide bonds. The van der Waals surface area contributed by atoms with Crippen molar-refractivity contribution in [3.63, 3.8) is 0 Å². The second-order valence-corrected chi connectivity index (χ2v) is 3.84. The van der Waals surface area contributed by atoms with E-state index in [1.807, 2.05) is 12.1 Å². The van der Waals surface area contributed by atoms with Gasteiger partial charge in [-0.1, -0.05) is 0 Å². The van der Waals surface area contributed by atoms with Gasteiger partial charge in [-0.15, -0.1) is 0 Å². The van der Waals surface area contributed by atoms with E-state index in [4.69, 9.17) is 10.2 Å². The zero-order valence-electron chi connectivity index (χ0n) is 9.57. The van der Waals surface area contributed by atoms with Gasteiger partial charge in [0.1, 0.15) is 0 Å². The summed E-state index contributed by atoms with van der Waals surface area (Å²) in [5.74, 6) is -0.0242. The van der Waals surface area contributed by atoms with Gasteiger partial charge in [0.25, 0.3) is 0 Å². The van der Waals surface area contributed by atoms with E-state index in [2.05, 4.69) is 5.32 Å². The van der Waals surface area contributed by atoms with Crippen LogP contribution in [0.1, 0.15) is 22.8 Å². The molecule has 4 heteroatoms. The summed E-state index contributed by atoms with van der Waals surface area (Å²) in [6.07, 6.45) is 3.31. The summed E-state index contributed by atoms with van der Waals surface area (Å²) >= 11 is 0. The molecule has 0 aliphatic rings. The van der Waals surface area contributed by atoms with Crippen molar-refractivity contribution in [2.45, 2.75) is 13.5 Å². The highest BCUT2D eigenvalue weighted by Gasteiger charge is 2.05. The molecule has 0 bridgehead atoms. The summed E-state index contributed by atoms with van der Waals surface area (Å²) in [6.45, 7) is 2.17. The van der Waals surface area contributed by atoms with Crippen molar-refractivity contribution in [1.82, 2.24) is 0 Å². The molecule has 0 aliphatic carbocycles. The van der Waals surface area contributed by atoms with Crippen LogP contribution in [0.15, 0.2) is 41.2 Å². The van der Waals surface area contributed by atoms with Crippen molar-refractivity contribution in [2.24, 2.45) is 0 Å². The van der Waals surface area contributed by atoms with E-state index < -0.39 is 0 Å². The fourth-order valence-electron chi connectivity index (χ4n) is 1.59. The Hall–Kier alpha value is -2.23. The summed E-state index contributed by atoms with van der Waals surface area (Å²) in [7, 11) is 0. The molecule has 4 nitrogen and oxygen atoms in total. The summed E-state index contributed by atoms with van der Waals surface area (Å²) in [5, 5.41) is 3.20. The Morgan fingerprint density at radius 3 is 2.82 bits per heavy atom. The van der Waals surface area contributed by atoms with Crippen LogP contribution in [0.4, 0.5) is 11.4 Å². The average Bonchev–Trinajstić information content (AvgIpc) is 2.78. The number of carbonyl (C=O) groups excluding carboxylic acids is 1. The van der Waals surface area contributed by atoms with Crippen LogP contribution in [0.5, 0.6) is 0 Å². The van der Waals surface area contributed by atoms with E-state index in [1.54, 1.807) is 24.7 Å². The minimum absolute atomic E-state index is 0.0242. The van der Waals surface area contributed by atoms with Gasteiger partial charge in [0.2, 0.25) is 0 Å². The topological polar surface area (TPSA) is 68.3 Å². The van der Waals surface area contributed by atoms with Crippen molar-refractivity contribution >= 4 is 17.2 Å². The Balaban J connectivity index is 2.07. The summed E-state index contributed by atoms with van der Waals surface area (Å²) in [5.41, 5.74) is 8.78. The Morgan fingerprint density at radius 2 is 2.24 bits per heavy atom. The smallest absolute Gasteiger partial charge is 0.161 e. The second-order valence-electron chi connectivity index (χ2n) is 3.84. The normalized spacial score (nSPS) is 10.2. The van der Waals surface area contributed by atoms with Gasteiger partial charge in [-0.05, 0) is 31.2 Å². The number of ketones is 1. The van der Waals surface area contributed by atoms with E-state index in [0.29, 0.717) is 17.8 Å². The molecule has 2 rings (SSSR count). The number of benzene rings is 1. The Kier molecular flexibility index (Phi) is 3.14. The Labute approximate surface area is 99.4 Å². The minimum atomic E-state index is -0.0242. The number of carbonyl (C=O) groups is 1. The SMILES string of the molecule is CC(=O)c1ccc(NCc2ccoc2)cc1N. The van der Waals surface area contributed by atoms with Crippen molar-refractivity contribution < 1.29 is 9.21 Å². The van der Waals surface area contributed by atoms with Crippen molar-refractivity contribution in [3.05, 3.63) is 47.9 Å². The van der Waals surface area contributed by atoms with Crippen LogP contribution < -0.4 is 11.1 Å². The Bertz CT molecular complexity index is 518. The van der Waals surface area contributed by atoms with E-state index in [-0.39, 0.29) is 5.78 Å². The minimum Gasteiger partial charge on any atom is -0.472 e. The van der Waals surface area contributed by atoms with Gasteiger partial charge in [-0.2, -0.15) is 0 Å². The first kappa shape index (κ1) is 11.3. The van der Waals surface area contributed by atoms with Gasteiger partial charge >= 0.3 is 0 Å². The molecule has 0 saturated heterocycles. The third-order valence-electron chi connectivity index (χ3n) is 2.51. The van der Waals surface area contributed by atoms with Crippen LogP contribution in [0.2, 0.25) is 0 Å². The molecule has 0 aliphatic heterocycles. The summed E-state index contributed by atoms with van der Waals surface area (Å²) in [4.78, 5) is 11.2. The number of hydrogen-bond acceptors (Lipinski definition) is 4. The third-order valence-corrected chi connectivity index (χ3v) is 2.51. The predicted octanol–water partition coefficient (Wildman–Crippen LogP) is 2.68. The average molecular weight is 230 g/mol. The van der Waals surface area contributed by atoms with Gasteiger partial charge in [0, 0.05) is 29.0 Å². The van der Waals surface area contributed by atoms with E-state index in [9.17, 15) is 4.79 Å². The fraction of sp³-hybridized carbons (Fsp3) is 0.154. The second kappa shape index (κ2) is 4.74. The monoisotopic (exact) mass is 230 g/mol. The highest BCUT2D eigenvalue weighted by Crippen LogP contribution is 2.19. The van der Waals surface area contributed by atoms with Gasteiger partial charge in [-0.25, -0.2) is 0 Å². The fourth-order valence-corrected chi connectivity index (χ4v) is 1.59. The molecule has 0 unspecified atom stereocenters. The maximum atomic E-state index is 11.2. The summed E-state index contributed by atoms with van der Waals surface area (Å²) in [6, 6.07) is 7.22. The van der Waals surface area contributed by atoms with E-state index >= 15 is 0 Å². The lowest BCUT2D eigenvalue weighted by molar-refractivity contribution is 0.101. The molecule has 2 aromatic rings. The number of anilines is 2. The molecule has 0 radical (unpaired) electrons. The highest BCUT2D eigenvalue weighted by molar-refractivity contribution is 5.99. The van der Waals surface area contributed by atoms with Gasteiger partial charge in [0.15, 0.2) is 5.78 Å². The number of nitrogens with one attached hydrogen (secondary N) is 1. The highest BCUT2D eigenvalue weighted by atomic mass is 16.3. The van der Waals surface area contributed by atoms with Gasteiger partial charge in [0.05, 0.1) is 12.5 Å². The number of rotatable bonds is 4. The number of Topliss-reactive ketones (excluding diaryl/α,β-unsaturated/α-hetero) is 1. The van der Waals surface area contributed by atoms with Crippen molar-refractivity contribution in [2.75, 3.05) is 11.1 Å². The quantitative estimate of drug-likeness (QED) is 0.626. The van der Waals surface area contributed by atoms with E-state index in [0.717, 1.165) is 11.3 Å². The maximum Gasteiger partial charge on any atom is 0.161 e. The van der Waals surface area contributed by atoms with Crippen molar-refractivity contribution in [1.29, 1.82) is 0 Å². The molecule has 1 aromatic carbocycles. The number of nitrogen functional groups attached to an aromatic ring is 1. The maximum absolute atomic E-state index is 11.2. The zero-order chi connectivity index (χ0) is 12.3. The standard InChI is InChI=1S/C13H14N2O2/c1-9(16)12-3-2-11(6-13(12)14)15-7-10-4-5-17-8-10/h2-6,8,15H,7,14H2,1H3. The molecule has 0 saturated carbocycles. The Morgan fingerprint density at radius 1 is 1.41 bits per heavy atom.